The van der Waals surface area contributed by atoms with Crippen molar-refractivity contribution in [3.05, 3.63) is 35.4 Å². The molecule has 1 atom stereocenters. The van der Waals surface area contributed by atoms with E-state index in [2.05, 4.69) is 5.32 Å². The van der Waals surface area contributed by atoms with Crippen LogP contribution in [0.3, 0.4) is 0 Å². The summed E-state index contributed by atoms with van der Waals surface area (Å²) in [5.74, 6) is -0.309. The summed E-state index contributed by atoms with van der Waals surface area (Å²) in [7, 11) is 0. The van der Waals surface area contributed by atoms with E-state index in [9.17, 15) is 4.79 Å². The Bertz CT molecular complexity index is 353. The van der Waals surface area contributed by atoms with E-state index >= 15 is 0 Å². The number of benzene rings is 1. The molecule has 0 radical (unpaired) electrons. The summed E-state index contributed by atoms with van der Waals surface area (Å²) in [4.78, 5) is 11.3. The summed E-state index contributed by atoms with van der Waals surface area (Å²) in [5, 5.41) is 11.4. The van der Waals surface area contributed by atoms with Crippen LogP contribution in [0.1, 0.15) is 11.1 Å². The van der Waals surface area contributed by atoms with Crippen LogP contribution in [-0.4, -0.2) is 30.2 Å². The highest BCUT2D eigenvalue weighted by Gasteiger charge is 2.10. The van der Waals surface area contributed by atoms with Crippen molar-refractivity contribution in [1.82, 2.24) is 5.32 Å². The van der Waals surface area contributed by atoms with Crippen LogP contribution >= 0.6 is 0 Å². The molecule has 1 aromatic carbocycles. The second-order valence-electron chi connectivity index (χ2n) is 3.76. The van der Waals surface area contributed by atoms with Gasteiger partial charge in [0.2, 0.25) is 5.91 Å². The summed E-state index contributed by atoms with van der Waals surface area (Å²) in [6.07, 6.45) is 0.774. The van der Waals surface area contributed by atoms with Crippen molar-refractivity contribution in [2.24, 2.45) is 5.73 Å². The van der Waals surface area contributed by atoms with E-state index in [-0.39, 0.29) is 12.5 Å². The first-order chi connectivity index (χ1) is 7.65. The predicted molar refractivity (Wildman–Crippen MR) is 63.0 cm³/mol. The van der Waals surface area contributed by atoms with Crippen LogP contribution in [-0.2, 0) is 11.2 Å². The van der Waals surface area contributed by atoms with Gasteiger partial charge in [-0.3, -0.25) is 4.79 Å². The van der Waals surface area contributed by atoms with Gasteiger partial charge < -0.3 is 16.2 Å². The Labute approximate surface area is 95.5 Å². The molecule has 0 aromatic heterocycles. The minimum atomic E-state index is -0.822. The van der Waals surface area contributed by atoms with Gasteiger partial charge in [0.1, 0.15) is 6.04 Å². The smallest absolute Gasteiger partial charge is 0.239 e. The van der Waals surface area contributed by atoms with Crippen molar-refractivity contribution in [3.8, 4) is 0 Å². The van der Waals surface area contributed by atoms with Crippen LogP contribution in [0.4, 0.5) is 0 Å². The zero-order chi connectivity index (χ0) is 12.0. The Hall–Kier alpha value is -1.39. The lowest BCUT2D eigenvalue weighted by atomic mass is 10.1. The molecule has 0 bridgehead atoms. The standard InChI is InChI=1S/C12H18N2O2/c1-9-4-2-3-5-10(9)6-7-14-12(16)11(13)8-15/h2-5,11,15H,6-8,13H2,1H3,(H,14,16). The maximum Gasteiger partial charge on any atom is 0.239 e. The topological polar surface area (TPSA) is 75.4 Å². The van der Waals surface area contributed by atoms with Crippen molar-refractivity contribution in [2.45, 2.75) is 19.4 Å². The number of aryl methyl sites for hydroxylation is 1. The molecule has 0 heterocycles. The number of nitrogens with two attached hydrogens (primary N) is 1. The molecule has 0 spiro atoms. The number of carbonyl (C=O) groups is 1. The maximum absolute atomic E-state index is 11.3. The number of hydrogen-bond donors (Lipinski definition) is 3. The van der Waals surface area contributed by atoms with Crippen LogP contribution in [0, 0.1) is 6.92 Å². The number of rotatable bonds is 5. The third-order valence-corrected chi connectivity index (χ3v) is 2.49. The largest absolute Gasteiger partial charge is 0.394 e. The molecule has 1 amide bonds. The van der Waals surface area contributed by atoms with Gasteiger partial charge in [-0.05, 0) is 24.5 Å². The van der Waals surface area contributed by atoms with Gasteiger partial charge in [-0.15, -0.1) is 0 Å². The summed E-state index contributed by atoms with van der Waals surface area (Å²) < 4.78 is 0. The SMILES string of the molecule is Cc1ccccc1CCNC(=O)C(N)CO. The molecule has 0 aliphatic heterocycles. The lowest BCUT2D eigenvalue weighted by Crippen LogP contribution is -2.43. The first-order valence-electron chi connectivity index (χ1n) is 5.34. The first kappa shape index (κ1) is 12.7. The van der Waals surface area contributed by atoms with Crippen LogP contribution < -0.4 is 11.1 Å². The van der Waals surface area contributed by atoms with E-state index in [4.69, 9.17) is 10.8 Å². The molecule has 1 aromatic rings. The van der Waals surface area contributed by atoms with Crippen LogP contribution in [0.2, 0.25) is 0 Å². The van der Waals surface area contributed by atoms with Gasteiger partial charge in [0.05, 0.1) is 6.61 Å². The third-order valence-electron chi connectivity index (χ3n) is 2.49. The van der Waals surface area contributed by atoms with Gasteiger partial charge in [0.25, 0.3) is 0 Å². The lowest BCUT2D eigenvalue weighted by molar-refractivity contribution is -0.123. The average molecular weight is 222 g/mol. The highest BCUT2D eigenvalue weighted by molar-refractivity contribution is 5.81. The van der Waals surface area contributed by atoms with E-state index in [1.807, 2.05) is 31.2 Å². The van der Waals surface area contributed by atoms with E-state index in [0.717, 1.165) is 6.42 Å². The van der Waals surface area contributed by atoms with Crippen LogP contribution in [0.5, 0.6) is 0 Å². The van der Waals surface area contributed by atoms with Crippen molar-refractivity contribution in [3.63, 3.8) is 0 Å². The molecule has 4 nitrogen and oxygen atoms in total. The van der Waals surface area contributed by atoms with Crippen molar-refractivity contribution < 1.29 is 9.90 Å². The molecule has 0 aliphatic rings. The molecule has 1 unspecified atom stereocenters. The Morgan fingerprint density at radius 3 is 2.81 bits per heavy atom. The molecule has 4 N–H and O–H groups in total. The summed E-state index contributed by atoms with van der Waals surface area (Å²) >= 11 is 0. The van der Waals surface area contributed by atoms with Gasteiger partial charge in [-0.25, -0.2) is 0 Å². The van der Waals surface area contributed by atoms with Gasteiger partial charge in [-0.1, -0.05) is 24.3 Å². The van der Waals surface area contributed by atoms with Gasteiger partial charge >= 0.3 is 0 Å². The van der Waals surface area contributed by atoms with Crippen LogP contribution in [0.25, 0.3) is 0 Å². The van der Waals surface area contributed by atoms with Crippen LogP contribution in [0.15, 0.2) is 24.3 Å². The Morgan fingerprint density at radius 2 is 2.19 bits per heavy atom. The molecule has 0 saturated carbocycles. The summed E-state index contributed by atoms with van der Waals surface area (Å²) in [5.41, 5.74) is 7.78. The zero-order valence-corrected chi connectivity index (χ0v) is 9.44. The van der Waals surface area contributed by atoms with E-state index in [1.54, 1.807) is 0 Å². The molecule has 1 rings (SSSR count). The van der Waals surface area contributed by atoms with Gasteiger partial charge in [0.15, 0.2) is 0 Å². The average Bonchev–Trinajstić information content (AvgIpc) is 2.30. The molecular formula is C12H18N2O2. The number of hydrogen-bond acceptors (Lipinski definition) is 3. The molecule has 16 heavy (non-hydrogen) atoms. The zero-order valence-electron chi connectivity index (χ0n) is 9.44. The fraction of sp³-hybridized carbons (Fsp3) is 0.417. The number of carbonyl (C=O) groups excluding carboxylic acids is 1. The predicted octanol–water partition coefficient (Wildman–Crippen LogP) is -0.0267. The third kappa shape index (κ3) is 3.64. The van der Waals surface area contributed by atoms with Crippen molar-refractivity contribution in [2.75, 3.05) is 13.2 Å². The van der Waals surface area contributed by atoms with E-state index < -0.39 is 6.04 Å². The molecule has 0 fully saturated rings. The quantitative estimate of drug-likeness (QED) is 0.655. The second-order valence-corrected chi connectivity index (χ2v) is 3.76. The van der Waals surface area contributed by atoms with Crippen molar-refractivity contribution >= 4 is 5.91 Å². The number of aliphatic hydroxyl groups excluding tert-OH is 1. The minimum Gasteiger partial charge on any atom is -0.394 e. The summed E-state index contributed by atoms with van der Waals surface area (Å²) in [6, 6.07) is 7.21. The molecular weight excluding hydrogens is 204 g/mol. The molecule has 4 heteroatoms. The highest BCUT2D eigenvalue weighted by Crippen LogP contribution is 2.06. The normalized spacial score (nSPS) is 12.2. The summed E-state index contributed by atoms with van der Waals surface area (Å²) in [6.45, 7) is 2.25. The Morgan fingerprint density at radius 1 is 1.50 bits per heavy atom. The molecule has 0 aliphatic carbocycles. The molecule has 0 saturated heterocycles. The van der Waals surface area contributed by atoms with Gasteiger partial charge in [0, 0.05) is 6.54 Å². The van der Waals surface area contributed by atoms with Crippen molar-refractivity contribution in [1.29, 1.82) is 0 Å². The van der Waals surface area contributed by atoms with E-state index in [0.29, 0.717) is 6.54 Å². The number of amides is 1. The maximum atomic E-state index is 11.3. The first-order valence-corrected chi connectivity index (χ1v) is 5.34. The lowest BCUT2D eigenvalue weighted by Gasteiger charge is -2.10. The van der Waals surface area contributed by atoms with E-state index in [1.165, 1.54) is 11.1 Å². The molecule has 88 valence electrons. The Kier molecular flexibility index (Phi) is 4.95. The minimum absolute atomic E-state index is 0.309. The Balaban J connectivity index is 2.36. The fourth-order valence-electron chi connectivity index (χ4n) is 1.42. The second kappa shape index (κ2) is 6.25. The number of aliphatic hydroxyl groups is 1. The fourth-order valence-corrected chi connectivity index (χ4v) is 1.42. The number of nitrogens with one attached hydrogen (secondary N) is 1. The van der Waals surface area contributed by atoms with Gasteiger partial charge in [-0.2, -0.15) is 0 Å². The monoisotopic (exact) mass is 222 g/mol. The highest BCUT2D eigenvalue weighted by atomic mass is 16.3.